The van der Waals surface area contributed by atoms with Gasteiger partial charge < -0.3 is 5.73 Å². The van der Waals surface area contributed by atoms with E-state index in [-0.39, 0.29) is 0 Å². The van der Waals surface area contributed by atoms with E-state index in [1.165, 1.54) is 30.6 Å². The van der Waals surface area contributed by atoms with E-state index in [0.717, 1.165) is 0 Å². The molecule has 0 aromatic carbocycles. The summed E-state index contributed by atoms with van der Waals surface area (Å²) in [5, 5.41) is 0. The van der Waals surface area contributed by atoms with Crippen molar-refractivity contribution >= 4 is 11.3 Å². The van der Waals surface area contributed by atoms with E-state index in [0.29, 0.717) is 18.1 Å². The van der Waals surface area contributed by atoms with Gasteiger partial charge in [-0.05, 0) is 39.7 Å². The second kappa shape index (κ2) is 5.25. The maximum absolute atomic E-state index is 5.94. The summed E-state index contributed by atoms with van der Waals surface area (Å²) >= 11 is 1.75. The summed E-state index contributed by atoms with van der Waals surface area (Å²) in [5.41, 5.74) is 7.85. The lowest BCUT2D eigenvalue weighted by atomic mass is 9.90. The standard InChI is InChI=1S/C12H21N3S/c1-9(12-7-14-8-16-12)15(2)11-5-3-10(13)4-6-11/h7-11H,3-6,13H2,1-2H3. The van der Waals surface area contributed by atoms with Gasteiger partial charge in [0.2, 0.25) is 0 Å². The molecule has 0 amide bonds. The molecule has 0 spiro atoms. The van der Waals surface area contributed by atoms with Crippen LogP contribution in [-0.4, -0.2) is 29.0 Å². The van der Waals surface area contributed by atoms with Gasteiger partial charge in [-0.15, -0.1) is 11.3 Å². The molecule has 4 heteroatoms. The van der Waals surface area contributed by atoms with E-state index in [1.54, 1.807) is 11.3 Å². The van der Waals surface area contributed by atoms with Crippen LogP contribution in [0.25, 0.3) is 0 Å². The minimum atomic E-state index is 0.434. The number of thiazole rings is 1. The first-order chi connectivity index (χ1) is 7.68. The van der Waals surface area contributed by atoms with Crippen LogP contribution in [0.3, 0.4) is 0 Å². The fourth-order valence-corrected chi connectivity index (χ4v) is 3.19. The van der Waals surface area contributed by atoms with Crippen LogP contribution >= 0.6 is 11.3 Å². The maximum atomic E-state index is 5.94. The smallest absolute Gasteiger partial charge is 0.0794 e. The van der Waals surface area contributed by atoms with Crippen LogP contribution in [-0.2, 0) is 0 Å². The normalized spacial score (nSPS) is 28.2. The molecule has 1 aromatic rings. The van der Waals surface area contributed by atoms with Gasteiger partial charge in [-0.2, -0.15) is 0 Å². The van der Waals surface area contributed by atoms with E-state index in [2.05, 4.69) is 23.9 Å². The molecule has 1 aliphatic carbocycles. The number of nitrogens with two attached hydrogens (primary N) is 1. The van der Waals surface area contributed by atoms with Crippen molar-refractivity contribution in [2.45, 2.75) is 50.7 Å². The van der Waals surface area contributed by atoms with Crippen molar-refractivity contribution < 1.29 is 0 Å². The van der Waals surface area contributed by atoms with E-state index in [1.807, 2.05) is 11.7 Å². The zero-order valence-corrected chi connectivity index (χ0v) is 10.9. The Balaban J connectivity index is 1.94. The van der Waals surface area contributed by atoms with Crippen LogP contribution in [0.1, 0.15) is 43.5 Å². The van der Waals surface area contributed by atoms with Crippen LogP contribution in [0.15, 0.2) is 11.7 Å². The highest BCUT2D eigenvalue weighted by Gasteiger charge is 2.25. The highest BCUT2D eigenvalue weighted by Crippen LogP contribution is 2.29. The zero-order valence-electron chi connectivity index (χ0n) is 10.1. The van der Waals surface area contributed by atoms with Gasteiger partial charge in [0.1, 0.15) is 0 Å². The molecule has 90 valence electrons. The Labute approximate surface area is 102 Å². The van der Waals surface area contributed by atoms with E-state index >= 15 is 0 Å². The molecule has 0 bridgehead atoms. The third kappa shape index (κ3) is 2.62. The summed E-state index contributed by atoms with van der Waals surface area (Å²) < 4.78 is 0. The van der Waals surface area contributed by atoms with Crippen molar-refractivity contribution in [3.8, 4) is 0 Å². The molecule has 16 heavy (non-hydrogen) atoms. The third-order valence-corrected chi connectivity index (χ3v) is 4.74. The summed E-state index contributed by atoms with van der Waals surface area (Å²) in [5.74, 6) is 0. The quantitative estimate of drug-likeness (QED) is 0.880. The first kappa shape index (κ1) is 12.0. The van der Waals surface area contributed by atoms with E-state index < -0.39 is 0 Å². The number of nitrogens with zero attached hydrogens (tertiary/aromatic N) is 2. The Kier molecular flexibility index (Phi) is 3.95. The molecular formula is C12H21N3S. The Hall–Kier alpha value is -0.450. The summed E-state index contributed by atoms with van der Waals surface area (Å²) in [6, 6.07) is 1.60. The average molecular weight is 239 g/mol. The van der Waals surface area contributed by atoms with Crippen molar-refractivity contribution in [2.75, 3.05) is 7.05 Å². The molecule has 1 unspecified atom stereocenters. The molecule has 0 radical (unpaired) electrons. The molecule has 2 rings (SSSR count). The van der Waals surface area contributed by atoms with Crippen molar-refractivity contribution in [3.05, 3.63) is 16.6 Å². The largest absolute Gasteiger partial charge is 0.328 e. The lowest BCUT2D eigenvalue weighted by Gasteiger charge is -2.36. The predicted molar refractivity (Wildman–Crippen MR) is 68.5 cm³/mol. The molecule has 1 aliphatic rings. The Bertz CT molecular complexity index is 304. The van der Waals surface area contributed by atoms with Gasteiger partial charge in [-0.1, -0.05) is 0 Å². The van der Waals surface area contributed by atoms with Crippen LogP contribution < -0.4 is 5.73 Å². The van der Waals surface area contributed by atoms with Gasteiger partial charge in [0, 0.05) is 29.2 Å². The molecule has 1 heterocycles. The number of hydrogen-bond donors (Lipinski definition) is 1. The molecule has 1 aromatic heterocycles. The maximum Gasteiger partial charge on any atom is 0.0794 e. The molecule has 3 nitrogen and oxygen atoms in total. The average Bonchev–Trinajstić information content (AvgIpc) is 2.81. The molecule has 1 atom stereocenters. The lowest BCUT2D eigenvalue weighted by molar-refractivity contribution is 0.142. The summed E-state index contributed by atoms with van der Waals surface area (Å²) in [6.07, 6.45) is 6.80. The fraction of sp³-hybridized carbons (Fsp3) is 0.750. The van der Waals surface area contributed by atoms with Gasteiger partial charge in [0.25, 0.3) is 0 Å². The molecule has 2 N–H and O–H groups in total. The van der Waals surface area contributed by atoms with Crippen molar-refractivity contribution in [3.63, 3.8) is 0 Å². The predicted octanol–water partition coefficient (Wildman–Crippen LogP) is 2.41. The second-order valence-electron chi connectivity index (χ2n) is 4.81. The number of hydrogen-bond acceptors (Lipinski definition) is 4. The summed E-state index contributed by atoms with van der Waals surface area (Å²) in [4.78, 5) is 8.00. The Morgan fingerprint density at radius 2 is 2.12 bits per heavy atom. The highest BCUT2D eigenvalue weighted by molar-refractivity contribution is 7.09. The molecular weight excluding hydrogens is 218 g/mol. The lowest BCUT2D eigenvalue weighted by Crippen LogP contribution is -2.39. The first-order valence-corrected chi connectivity index (χ1v) is 6.92. The SMILES string of the molecule is CC(c1cncs1)N(C)C1CCC(N)CC1. The third-order valence-electron chi connectivity index (χ3n) is 3.79. The van der Waals surface area contributed by atoms with Crippen molar-refractivity contribution in [1.82, 2.24) is 9.88 Å². The summed E-state index contributed by atoms with van der Waals surface area (Å²) in [6.45, 7) is 2.27. The Morgan fingerprint density at radius 3 is 2.69 bits per heavy atom. The van der Waals surface area contributed by atoms with Crippen molar-refractivity contribution in [2.24, 2.45) is 5.73 Å². The minimum Gasteiger partial charge on any atom is -0.328 e. The van der Waals surface area contributed by atoms with Crippen LogP contribution in [0, 0.1) is 0 Å². The van der Waals surface area contributed by atoms with Gasteiger partial charge in [-0.3, -0.25) is 9.88 Å². The zero-order chi connectivity index (χ0) is 11.5. The Morgan fingerprint density at radius 1 is 1.44 bits per heavy atom. The summed E-state index contributed by atoms with van der Waals surface area (Å²) in [7, 11) is 2.23. The van der Waals surface area contributed by atoms with Gasteiger partial charge in [0.05, 0.1) is 5.51 Å². The second-order valence-corrected chi connectivity index (χ2v) is 5.73. The van der Waals surface area contributed by atoms with Crippen molar-refractivity contribution in [1.29, 1.82) is 0 Å². The van der Waals surface area contributed by atoms with E-state index in [9.17, 15) is 0 Å². The van der Waals surface area contributed by atoms with Gasteiger partial charge in [-0.25, -0.2) is 0 Å². The molecule has 1 saturated carbocycles. The minimum absolute atomic E-state index is 0.434. The van der Waals surface area contributed by atoms with Gasteiger partial charge >= 0.3 is 0 Å². The monoisotopic (exact) mass is 239 g/mol. The van der Waals surface area contributed by atoms with Gasteiger partial charge in [0.15, 0.2) is 0 Å². The van der Waals surface area contributed by atoms with Crippen LogP contribution in [0.2, 0.25) is 0 Å². The number of rotatable bonds is 3. The van der Waals surface area contributed by atoms with E-state index in [4.69, 9.17) is 5.73 Å². The topological polar surface area (TPSA) is 42.2 Å². The molecule has 1 fully saturated rings. The highest BCUT2D eigenvalue weighted by atomic mass is 32.1. The first-order valence-electron chi connectivity index (χ1n) is 6.04. The van der Waals surface area contributed by atoms with Crippen LogP contribution in [0.5, 0.6) is 0 Å². The van der Waals surface area contributed by atoms with Crippen LogP contribution in [0.4, 0.5) is 0 Å². The molecule has 0 aliphatic heterocycles. The molecule has 0 saturated heterocycles. The fourth-order valence-electron chi connectivity index (χ4n) is 2.46. The number of aromatic nitrogens is 1.